The molecular formula is C26H31F3N8O5. The molecule has 5 heterocycles. The molecule has 42 heavy (non-hydrogen) atoms. The molecule has 0 radical (unpaired) electrons. The zero-order chi connectivity index (χ0) is 30.2. The first kappa shape index (κ1) is 29.5. The third kappa shape index (κ3) is 6.10. The van der Waals surface area contributed by atoms with Crippen LogP contribution in [0.15, 0.2) is 30.5 Å². The van der Waals surface area contributed by atoms with Gasteiger partial charge >= 0.3 is 12.1 Å². The Labute approximate surface area is 238 Å². The minimum Gasteiger partial charge on any atom is -0.480 e. The smallest absolute Gasteiger partial charge is 0.429 e. The molecule has 16 heteroatoms. The van der Waals surface area contributed by atoms with E-state index < -0.39 is 48.4 Å². The van der Waals surface area contributed by atoms with E-state index in [2.05, 4.69) is 25.4 Å². The van der Waals surface area contributed by atoms with Crippen LogP contribution in [0.25, 0.3) is 5.82 Å². The standard InChI is InChI=1S/C26H31F3N8O5/c1-14-4-7-37(35-14)22-15(2-3-16(32-22)18(39)12-38)21(26(27,28)29)42-20-10-19(33-24(30)34-20)36-8-5-25(6-9-36)11-17(23(40)41)31-13-25/h2-4,7,10,17-18,21,31,38-39H,5-6,8-9,11-13H2,1H3,(H,40,41)(H2,30,33,34)/t17-,18?,21+/m0/s1. The van der Waals surface area contributed by atoms with Gasteiger partial charge < -0.3 is 36.0 Å². The van der Waals surface area contributed by atoms with E-state index in [0.29, 0.717) is 44.6 Å². The predicted molar refractivity (Wildman–Crippen MR) is 142 cm³/mol. The van der Waals surface area contributed by atoms with Gasteiger partial charge in [0.15, 0.2) is 5.82 Å². The second kappa shape index (κ2) is 11.3. The lowest BCUT2D eigenvalue weighted by Gasteiger charge is -2.39. The molecule has 0 saturated carbocycles. The summed E-state index contributed by atoms with van der Waals surface area (Å²) < 4.78 is 50.2. The van der Waals surface area contributed by atoms with Crippen molar-refractivity contribution in [1.82, 2.24) is 30.0 Å². The number of nitrogens with two attached hydrogens (primary N) is 1. The largest absolute Gasteiger partial charge is 0.480 e. The number of carboxylic acids is 1. The summed E-state index contributed by atoms with van der Waals surface area (Å²) in [5.74, 6) is -1.53. The summed E-state index contributed by atoms with van der Waals surface area (Å²) in [7, 11) is 0. The van der Waals surface area contributed by atoms with Gasteiger partial charge in [0, 0.05) is 37.5 Å². The molecule has 2 fully saturated rings. The van der Waals surface area contributed by atoms with Crippen LogP contribution >= 0.6 is 0 Å². The lowest BCUT2D eigenvalue weighted by Crippen LogP contribution is -2.41. The first-order chi connectivity index (χ1) is 19.9. The third-order valence-corrected chi connectivity index (χ3v) is 7.71. The van der Waals surface area contributed by atoms with E-state index in [1.54, 1.807) is 13.0 Å². The predicted octanol–water partition coefficient (Wildman–Crippen LogP) is 1.69. The third-order valence-electron chi connectivity index (χ3n) is 7.71. The monoisotopic (exact) mass is 592 g/mol. The van der Waals surface area contributed by atoms with Crippen molar-refractivity contribution in [2.45, 2.75) is 50.6 Å². The number of pyridine rings is 1. The second-order valence-corrected chi connectivity index (χ2v) is 10.7. The van der Waals surface area contributed by atoms with Crippen molar-refractivity contribution in [2.24, 2.45) is 5.41 Å². The highest BCUT2D eigenvalue weighted by Crippen LogP contribution is 2.42. The number of aliphatic hydroxyl groups is 2. The van der Waals surface area contributed by atoms with E-state index in [1.807, 2.05) is 4.90 Å². The SMILES string of the molecule is Cc1ccn(-c2nc(C(O)CO)ccc2[C@@H](Oc2cc(N3CCC4(CC3)CN[C@H](C(=O)O)C4)nc(N)n2)C(F)(F)F)n1. The fraction of sp³-hybridized carbons (Fsp3) is 0.500. The van der Waals surface area contributed by atoms with Crippen LogP contribution in [0.1, 0.15) is 48.4 Å². The number of aliphatic carboxylic acids is 1. The maximum Gasteiger partial charge on any atom is 0.429 e. The Hall–Kier alpha value is -4.02. The highest BCUT2D eigenvalue weighted by Gasteiger charge is 2.46. The first-order valence-corrected chi connectivity index (χ1v) is 13.3. The van der Waals surface area contributed by atoms with Crippen LogP contribution < -0.4 is 20.7 Å². The summed E-state index contributed by atoms with van der Waals surface area (Å²) in [5, 5.41) is 35.9. The quantitative estimate of drug-likeness (QED) is 0.255. The van der Waals surface area contributed by atoms with Crippen LogP contribution in [-0.4, -0.2) is 84.5 Å². The molecular weight excluding hydrogens is 561 g/mol. The number of carbonyl (C=O) groups is 1. The number of carboxylic acid groups (broad SMARTS) is 1. The Bertz CT molecular complexity index is 1440. The van der Waals surface area contributed by atoms with Crippen molar-refractivity contribution in [3.8, 4) is 11.7 Å². The van der Waals surface area contributed by atoms with E-state index in [1.165, 1.54) is 18.3 Å². The van der Waals surface area contributed by atoms with Gasteiger partial charge in [-0.1, -0.05) is 0 Å². The lowest BCUT2D eigenvalue weighted by atomic mass is 9.76. The molecule has 1 unspecified atom stereocenters. The maximum atomic E-state index is 14.5. The zero-order valence-electron chi connectivity index (χ0n) is 22.6. The second-order valence-electron chi connectivity index (χ2n) is 10.7. The molecule has 1 spiro atoms. The van der Waals surface area contributed by atoms with Crippen molar-refractivity contribution in [3.63, 3.8) is 0 Å². The molecule has 5 rings (SSSR count). The maximum absolute atomic E-state index is 14.5. The van der Waals surface area contributed by atoms with Gasteiger partial charge in [-0.3, -0.25) is 4.79 Å². The van der Waals surface area contributed by atoms with Crippen LogP contribution in [0, 0.1) is 12.3 Å². The molecule has 0 amide bonds. The van der Waals surface area contributed by atoms with Crippen molar-refractivity contribution >= 4 is 17.7 Å². The van der Waals surface area contributed by atoms with Crippen LogP contribution in [0.5, 0.6) is 5.88 Å². The number of nitrogens with zero attached hydrogens (tertiary/aromatic N) is 6. The number of nitrogens with one attached hydrogen (secondary N) is 1. The lowest BCUT2D eigenvalue weighted by molar-refractivity contribution is -0.198. The zero-order valence-corrected chi connectivity index (χ0v) is 22.6. The number of aliphatic hydroxyl groups excluding tert-OH is 2. The fourth-order valence-corrected chi connectivity index (χ4v) is 5.44. The van der Waals surface area contributed by atoms with Crippen LogP contribution in [0.4, 0.5) is 24.9 Å². The molecule has 0 aliphatic carbocycles. The molecule has 13 nitrogen and oxygen atoms in total. The number of alkyl halides is 3. The van der Waals surface area contributed by atoms with Crippen LogP contribution in [-0.2, 0) is 4.79 Å². The van der Waals surface area contributed by atoms with E-state index in [-0.39, 0.29) is 28.7 Å². The number of piperidine rings is 1. The van der Waals surface area contributed by atoms with Gasteiger partial charge in [-0.15, -0.1) is 0 Å². The summed E-state index contributed by atoms with van der Waals surface area (Å²) >= 11 is 0. The molecule has 226 valence electrons. The number of ether oxygens (including phenoxy) is 1. The van der Waals surface area contributed by atoms with E-state index >= 15 is 0 Å². The minimum atomic E-state index is -4.93. The van der Waals surface area contributed by atoms with Crippen LogP contribution in [0.2, 0.25) is 0 Å². The Morgan fingerprint density at radius 2 is 1.98 bits per heavy atom. The number of aromatic nitrogens is 5. The summed E-state index contributed by atoms with van der Waals surface area (Å²) in [5.41, 5.74) is 5.77. The fourth-order valence-electron chi connectivity index (χ4n) is 5.44. The van der Waals surface area contributed by atoms with E-state index in [0.717, 1.165) is 10.7 Å². The molecule has 3 aromatic heterocycles. The van der Waals surface area contributed by atoms with Gasteiger partial charge in [0.1, 0.15) is 18.0 Å². The Balaban J connectivity index is 1.43. The minimum absolute atomic E-state index is 0.0473. The summed E-state index contributed by atoms with van der Waals surface area (Å²) in [6.07, 6.45) is -5.63. The Kier molecular flexibility index (Phi) is 7.96. The molecule has 6 N–H and O–H groups in total. The number of nitrogen functional groups attached to an aromatic ring is 1. The number of hydrogen-bond donors (Lipinski definition) is 5. The van der Waals surface area contributed by atoms with Crippen molar-refractivity contribution in [2.75, 3.05) is 36.9 Å². The van der Waals surface area contributed by atoms with Gasteiger partial charge in [0.2, 0.25) is 17.9 Å². The highest BCUT2D eigenvalue weighted by molar-refractivity contribution is 5.74. The first-order valence-electron chi connectivity index (χ1n) is 13.3. The normalized spacial score (nSPS) is 20.0. The van der Waals surface area contributed by atoms with Gasteiger partial charge in [-0.2, -0.15) is 28.2 Å². The van der Waals surface area contributed by atoms with Gasteiger partial charge in [-0.05, 0) is 49.8 Å². The molecule has 3 aromatic rings. The van der Waals surface area contributed by atoms with Crippen LogP contribution in [0.3, 0.4) is 0 Å². The van der Waals surface area contributed by atoms with Crippen molar-refractivity contribution in [3.05, 3.63) is 47.4 Å². The topological polar surface area (TPSA) is 185 Å². The number of hydrogen-bond acceptors (Lipinski definition) is 11. The number of halogens is 3. The molecule has 2 saturated heterocycles. The Morgan fingerprint density at radius 1 is 1.24 bits per heavy atom. The van der Waals surface area contributed by atoms with Crippen molar-refractivity contribution in [1.29, 1.82) is 0 Å². The average molecular weight is 593 g/mol. The number of rotatable bonds is 8. The summed E-state index contributed by atoms with van der Waals surface area (Å²) in [4.78, 5) is 25.5. The van der Waals surface area contributed by atoms with Crippen molar-refractivity contribution < 1.29 is 38.0 Å². The molecule has 3 atom stereocenters. The highest BCUT2D eigenvalue weighted by atomic mass is 19.4. The average Bonchev–Trinajstić information content (AvgIpc) is 3.57. The summed E-state index contributed by atoms with van der Waals surface area (Å²) in [6, 6.07) is 4.55. The molecule has 0 bridgehead atoms. The molecule has 2 aliphatic rings. The molecule has 0 aromatic carbocycles. The number of anilines is 2. The van der Waals surface area contributed by atoms with E-state index in [4.69, 9.17) is 10.5 Å². The molecule has 2 aliphatic heterocycles. The van der Waals surface area contributed by atoms with Gasteiger partial charge in [-0.25, -0.2) is 9.67 Å². The Morgan fingerprint density at radius 3 is 2.57 bits per heavy atom. The van der Waals surface area contributed by atoms with Gasteiger partial charge in [0.25, 0.3) is 0 Å². The summed E-state index contributed by atoms with van der Waals surface area (Å²) in [6.45, 7) is 2.54. The van der Waals surface area contributed by atoms with Gasteiger partial charge in [0.05, 0.1) is 18.0 Å². The number of aryl methyl sites for hydroxylation is 1. The van der Waals surface area contributed by atoms with E-state index in [9.17, 15) is 33.3 Å².